The van der Waals surface area contributed by atoms with Crippen molar-refractivity contribution in [1.29, 1.82) is 0 Å². The zero-order valence-electron chi connectivity index (χ0n) is 14.6. The zero-order valence-corrected chi connectivity index (χ0v) is 15.4. The first-order valence-electron chi connectivity index (χ1n) is 8.04. The summed E-state index contributed by atoms with van der Waals surface area (Å²) in [7, 11) is 4.10. The molecule has 1 aliphatic rings. The molecule has 0 aromatic carbocycles. The van der Waals surface area contributed by atoms with E-state index in [2.05, 4.69) is 46.2 Å². The predicted molar refractivity (Wildman–Crippen MR) is 95.4 cm³/mol. The number of carbonyl (C=O) groups excluding carboxylic acids is 1. The quantitative estimate of drug-likeness (QED) is 0.903. The molecule has 24 heavy (non-hydrogen) atoms. The minimum absolute atomic E-state index is 0.0738. The van der Waals surface area contributed by atoms with Crippen molar-refractivity contribution in [2.75, 3.05) is 31.6 Å². The van der Waals surface area contributed by atoms with Crippen LogP contribution in [-0.2, 0) is 13.6 Å². The summed E-state index contributed by atoms with van der Waals surface area (Å²) >= 11 is 1.43. The number of aromatic nitrogens is 3. The van der Waals surface area contributed by atoms with Crippen molar-refractivity contribution >= 4 is 23.2 Å². The molecule has 130 valence electrons. The number of hydrogen-bond donors (Lipinski definition) is 1. The fourth-order valence-electron chi connectivity index (χ4n) is 2.85. The average Bonchev–Trinajstić information content (AvgIpc) is 3.18. The molecule has 0 radical (unpaired) electrons. The molecule has 0 bridgehead atoms. The molecule has 3 heterocycles. The van der Waals surface area contributed by atoms with Crippen molar-refractivity contribution in [2.45, 2.75) is 25.9 Å². The smallest absolute Gasteiger partial charge is 0.261 e. The molecular weight excluding hydrogens is 324 g/mol. The molecule has 8 heteroatoms. The number of piperazine rings is 1. The second-order valence-corrected chi connectivity index (χ2v) is 7.74. The number of thiophene rings is 1. The Morgan fingerprint density at radius 2 is 2.12 bits per heavy atom. The van der Waals surface area contributed by atoms with E-state index in [0.29, 0.717) is 11.4 Å². The van der Waals surface area contributed by atoms with Crippen LogP contribution < -0.4 is 10.2 Å². The summed E-state index contributed by atoms with van der Waals surface area (Å²) in [6.07, 6.45) is 0. The third kappa shape index (κ3) is 3.29. The molecule has 0 aliphatic carbocycles. The van der Waals surface area contributed by atoms with Gasteiger partial charge < -0.3 is 10.2 Å². The maximum atomic E-state index is 12.0. The molecule has 0 spiro atoms. The van der Waals surface area contributed by atoms with Crippen LogP contribution in [0.25, 0.3) is 0 Å². The molecule has 0 unspecified atom stereocenters. The third-order valence-electron chi connectivity index (χ3n) is 4.69. The Morgan fingerprint density at radius 1 is 1.33 bits per heavy atom. The lowest BCUT2D eigenvalue weighted by Crippen LogP contribution is -2.58. The Morgan fingerprint density at radius 3 is 2.79 bits per heavy atom. The standard InChI is InChI=1S/C16H24N6OS/c1-16(2)11-22(8-7-20(16)3)15-19-18-13(21(15)4)10-17-14(23)12-6-5-9-24-12/h5-6,9H,7-8,10-11H2,1-4H3,(H,17,23). The van der Waals surface area contributed by atoms with Gasteiger partial charge in [-0.3, -0.25) is 14.3 Å². The molecule has 1 fully saturated rings. The second-order valence-electron chi connectivity index (χ2n) is 6.79. The maximum absolute atomic E-state index is 12.0. The fourth-order valence-corrected chi connectivity index (χ4v) is 3.49. The zero-order chi connectivity index (χ0) is 17.3. The highest BCUT2D eigenvalue weighted by Crippen LogP contribution is 2.23. The SMILES string of the molecule is CN1CCN(c2nnc(CNC(=O)c3cccs3)n2C)CC1(C)C. The summed E-state index contributed by atoms with van der Waals surface area (Å²) in [6, 6.07) is 3.68. The number of rotatable bonds is 4. The Balaban J connectivity index is 1.67. The number of carbonyl (C=O) groups is 1. The summed E-state index contributed by atoms with van der Waals surface area (Å²) in [6.45, 7) is 7.65. The highest BCUT2D eigenvalue weighted by molar-refractivity contribution is 7.12. The summed E-state index contributed by atoms with van der Waals surface area (Å²) in [5.41, 5.74) is 0.0950. The molecule has 0 saturated carbocycles. The Labute approximate surface area is 146 Å². The average molecular weight is 348 g/mol. The van der Waals surface area contributed by atoms with Gasteiger partial charge in [0, 0.05) is 32.2 Å². The summed E-state index contributed by atoms with van der Waals surface area (Å²) in [5, 5.41) is 13.4. The van der Waals surface area contributed by atoms with Crippen LogP contribution in [-0.4, -0.2) is 57.8 Å². The fraction of sp³-hybridized carbons (Fsp3) is 0.562. The van der Waals surface area contributed by atoms with E-state index in [1.165, 1.54) is 11.3 Å². The molecule has 1 amide bonds. The molecule has 1 saturated heterocycles. The van der Waals surface area contributed by atoms with Gasteiger partial charge in [-0.05, 0) is 32.3 Å². The van der Waals surface area contributed by atoms with Crippen molar-refractivity contribution in [3.05, 3.63) is 28.2 Å². The van der Waals surface area contributed by atoms with Gasteiger partial charge in [0.15, 0.2) is 5.82 Å². The molecule has 3 rings (SSSR count). The number of nitrogens with zero attached hydrogens (tertiary/aromatic N) is 5. The highest BCUT2D eigenvalue weighted by atomic mass is 32.1. The Hall–Kier alpha value is -1.93. The van der Waals surface area contributed by atoms with Crippen LogP contribution in [0.5, 0.6) is 0 Å². The first-order valence-corrected chi connectivity index (χ1v) is 8.92. The third-order valence-corrected chi connectivity index (χ3v) is 5.56. The first kappa shape index (κ1) is 16.9. The van der Waals surface area contributed by atoms with E-state index in [0.717, 1.165) is 31.4 Å². The largest absolute Gasteiger partial charge is 0.344 e. The van der Waals surface area contributed by atoms with Gasteiger partial charge in [-0.15, -0.1) is 21.5 Å². The lowest BCUT2D eigenvalue weighted by atomic mass is 10.0. The van der Waals surface area contributed by atoms with Crippen LogP contribution >= 0.6 is 11.3 Å². The van der Waals surface area contributed by atoms with E-state index in [1.807, 2.05) is 29.1 Å². The van der Waals surface area contributed by atoms with Gasteiger partial charge in [0.05, 0.1) is 11.4 Å². The number of likely N-dealkylation sites (N-methyl/N-ethyl adjacent to an activating group) is 1. The van der Waals surface area contributed by atoms with Crippen LogP contribution in [0.3, 0.4) is 0 Å². The van der Waals surface area contributed by atoms with Crippen LogP contribution in [0.2, 0.25) is 0 Å². The highest BCUT2D eigenvalue weighted by Gasteiger charge is 2.33. The van der Waals surface area contributed by atoms with Crippen LogP contribution in [0.4, 0.5) is 5.95 Å². The van der Waals surface area contributed by atoms with E-state index >= 15 is 0 Å². The monoisotopic (exact) mass is 348 g/mol. The predicted octanol–water partition coefficient (Wildman–Crippen LogP) is 1.34. The first-order chi connectivity index (χ1) is 11.4. The molecule has 2 aromatic heterocycles. The minimum atomic E-state index is -0.0738. The number of anilines is 1. The molecule has 7 nitrogen and oxygen atoms in total. The van der Waals surface area contributed by atoms with Gasteiger partial charge in [0.25, 0.3) is 5.91 Å². The minimum Gasteiger partial charge on any atom is -0.344 e. The number of hydrogen-bond acceptors (Lipinski definition) is 6. The van der Waals surface area contributed by atoms with Crippen LogP contribution in [0, 0.1) is 0 Å². The normalized spacial score (nSPS) is 17.9. The molecule has 1 N–H and O–H groups in total. The van der Waals surface area contributed by atoms with E-state index < -0.39 is 0 Å². The molecular formula is C16H24N6OS. The second kappa shape index (κ2) is 6.52. The van der Waals surface area contributed by atoms with E-state index in [-0.39, 0.29) is 11.4 Å². The molecule has 1 aliphatic heterocycles. The topological polar surface area (TPSA) is 66.3 Å². The van der Waals surface area contributed by atoms with E-state index in [9.17, 15) is 4.79 Å². The van der Waals surface area contributed by atoms with E-state index in [1.54, 1.807) is 0 Å². The number of amides is 1. The van der Waals surface area contributed by atoms with E-state index in [4.69, 9.17) is 0 Å². The molecule has 2 aromatic rings. The van der Waals surface area contributed by atoms with Gasteiger partial charge in [-0.2, -0.15) is 0 Å². The van der Waals surface area contributed by atoms with Crippen molar-refractivity contribution < 1.29 is 4.79 Å². The van der Waals surface area contributed by atoms with Gasteiger partial charge in [-0.25, -0.2) is 0 Å². The van der Waals surface area contributed by atoms with Crippen molar-refractivity contribution in [3.63, 3.8) is 0 Å². The number of nitrogens with one attached hydrogen (secondary N) is 1. The van der Waals surface area contributed by atoms with Gasteiger partial charge in [-0.1, -0.05) is 6.07 Å². The van der Waals surface area contributed by atoms with Gasteiger partial charge in [0.1, 0.15) is 0 Å². The lowest BCUT2D eigenvalue weighted by Gasteiger charge is -2.45. The Bertz CT molecular complexity index is 708. The van der Waals surface area contributed by atoms with Crippen molar-refractivity contribution in [2.24, 2.45) is 7.05 Å². The summed E-state index contributed by atoms with van der Waals surface area (Å²) in [5.74, 6) is 1.54. The lowest BCUT2D eigenvalue weighted by molar-refractivity contribution is 0.0953. The van der Waals surface area contributed by atoms with Crippen molar-refractivity contribution in [3.8, 4) is 0 Å². The van der Waals surface area contributed by atoms with Gasteiger partial charge in [0.2, 0.25) is 5.95 Å². The van der Waals surface area contributed by atoms with Crippen LogP contribution in [0.15, 0.2) is 17.5 Å². The van der Waals surface area contributed by atoms with Crippen molar-refractivity contribution in [1.82, 2.24) is 25.0 Å². The Kier molecular flexibility index (Phi) is 4.60. The summed E-state index contributed by atoms with van der Waals surface area (Å²) in [4.78, 5) is 17.4. The van der Waals surface area contributed by atoms with Gasteiger partial charge >= 0.3 is 0 Å². The molecule has 0 atom stereocenters. The van der Waals surface area contributed by atoms with Crippen LogP contribution in [0.1, 0.15) is 29.3 Å². The maximum Gasteiger partial charge on any atom is 0.261 e. The summed E-state index contributed by atoms with van der Waals surface area (Å²) < 4.78 is 1.97.